The van der Waals surface area contributed by atoms with Gasteiger partial charge in [-0.3, -0.25) is 9.59 Å². The van der Waals surface area contributed by atoms with Crippen LogP contribution in [0.1, 0.15) is 66.2 Å². The van der Waals surface area contributed by atoms with Crippen molar-refractivity contribution >= 4 is 11.8 Å². The predicted octanol–water partition coefficient (Wildman–Crippen LogP) is 2.87. The molecule has 2 saturated carbocycles. The lowest BCUT2D eigenvalue weighted by Crippen LogP contribution is -2.40. The van der Waals surface area contributed by atoms with Gasteiger partial charge in [0.15, 0.2) is 0 Å². The van der Waals surface area contributed by atoms with Gasteiger partial charge in [-0.2, -0.15) is 0 Å². The molecule has 0 spiro atoms. The molecule has 4 heteroatoms. The Hall–Kier alpha value is -1.06. The van der Waals surface area contributed by atoms with E-state index in [1.165, 1.54) is 25.7 Å². The summed E-state index contributed by atoms with van der Waals surface area (Å²) in [6.07, 6.45) is 6.63. The molecule has 22 heavy (non-hydrogen) atoms. The lowest BCUT2D eigenvalue weighted by atomic mass is 9.84. The van der Waals surface area contributed by atoms with E-state index in [0.29, 0.717) is 31.3 Å². The van der Waals surface area contributed by atoms with Gasteiger partial charge in [0.1, 0.15) is 0 Å². The molecular weight excluding hydrogens is 276 g/mol. The van der Waals surface area contributed by atoms with Crippen molar-refractivity contribution in [3.8, 4) is 0 Å². The van der Waals surface area contributed by atoms with Crippen molar-refractivity contribution < 1.29 is 9.59 Å². The van der Waals surface area contributed by atoms with Crippen molar-refractivity contribution in [2.75, 3.05) is 6.54 Å². The zero-order valence-corrected chi connectivity index (χ0v) is 14.6. The summed E-state index contributed by atoms with van der Waals surface area (Å²) in [7, 11) is 0. The van der Waals surface area contributed by atoms with Gasteiger partial charge in [0.25, 0.3) is 0 Å². The van der Waals surface area contributed by atoms with Crippen LogP contribution in [0.2, 0.25) is 0 Å². The Morgan fingerprint density at radius 3 is 2.45 bits per heavy atom. The number of hydrogen-bond acceptors (Lipinski definition) is 2. The van der Waals surface area contributed by atoms with Crippen LogP contribution in [-0.4, -0.2) is 24.4 Å². The fourth-order valence-corrected chi connectivity index (χ4v) is 4.06. The van der Waals surface area contributed by atoms with Gasteiger partial charge in [-0.05, 0) is 50.4 Å². The summed E-state index contributed by atoms with van der Waals surface area (Å²) in [4.78, 5) is 23.8. The van der Waals surface area contributed by atoms with E-state index in [2.05, 4.69) is 17.6 Å². The van der Waals surface area contributed by atoms with Gasteiger partial charge in [0, 0.05) is 24.4 Å². The van der Waals surface area contributed by atoms with Crippen LogP contribution in [-0.2, 0) is 9.59 Å². The summed E-state index contributed by atoms with van der Waals surface area (Å²) < 4.78 is 0. The minimum absolute atomic E-state index is 0.0447. The van der Waals surface area contributed by atoms with Crippen molar-refractivity contribution in [1.82, 2.24) is 10.6 Å². The molecule has 2 fully saturated rings. The molecule has 0 aromatic carbocycles. The van der Waals surface area contributed by atoms with Crippen LogP contribution in [0.5, 0.6) is 0 Å². The van der Waals surface area contributed by atoms with Crippen molar-refractivity contribution in [3.05, 3.63) is 0 Å². The van der Waals surface area contributed by atoms with Crippen LogP contribution in [0.25, 0.3) is 0 Å². The highest BCUT2D eigenvalue weighted by Crippen LogP contribution is 2.49. The quantitative estimate of drug-likeness (QED) is 0.741. The smallest absolute Gasteiger partial charge is 0.225 e. The third-order valence-electron chi connectivity index (χ3n) is 5.37. The number of nitrogens with one attached hydrogen (secondary N) is 2. The number of carbonyl (C=O) groups is 2. The van der Waals surface area contributed by atoms with Gasteiger partial charge in [-0.15, -0.1) is 0 Å². The Morgan fingerprint density at radius 1 is 1.18 bits per heavy atom. The largest absolute Gasteiger partial charge is 0.356 e. The van der Waals surface area contributed by atoms with E-state index in [4.69, 9.17) is 0 Å². The Labute approximate surface area is 134 Å². The molecule has 2 bridgehead atoms. The highest BCUT2D eigenvalue weighted by Gasteiger charge is 2.42. The third kappa shape index (κ3) is 4.47. The zero-order valence-electron chi connectivity index (χ0n) is 14.6. The molecule has 2 N–H and O–H groups in total. The number of carbonyl (C=O) groups excluding carboxylic acids is 2. The second-order valence-corrected chi connectivity index (χ2v) is 8.30. The van der Waals surface area contributed by atoms with E-state index in [9.17, 15) is 9.59 Å². The first-order valence-electron chi connectivity index (χ1n) is 8.85. The average Bonchev–Trinajstić information content (AvgIpc) is 3.04. The van der Waals surface area contributed by atoms with E-state index >= 15 is 0 Å². The molecular formula is C18H32N2O2. The van der Waals surface area contributed by atoms with Crippen LogP contribution >= 0.6 is 0 Å². The maximum absolute atomic E-state index is 12.0. The fourth-order valence-electron chi connectivity index (χ4n) is 4.06. The average molecular weight is 308 g/mol. The standard InChI is InChI=1S/C18H32N2O2/c1-12(15-11-13-7-8-14(15)10-13)20-16(21)6-5-9-19-17(22)18(2,3)4/h12-15H,5-11H2,1-4H3,(H,19,22)(H,20,21). The highest BCUT2D eigenvalue weighted by atomic mass is 16.2. The van der Waals surface area contributed by atoms with Crippen LogP contribution in [0.15, 0.2) is 0 Å². The molecule has 0 aromatic rings. The van der Waals surface area contributed by atoms with Gasteiger partial charge in [-0.1, -0.05) is 27.2 Å². The summed E-state index contributed by atoms with van der Waals surface area (Å²) in [5.41, 5.74) is -0.363. The summed E-state index contributed by atoms with van der Waals surface area (Å²) in [6.45, 7) is 8.42. The predicted molar refractivity (Wildman–Crippen MR) is 88.2 cm³/mol. The summed E-state index contributed by atoms with van der Waals surface area (Å²) in [5, 5.41) is 6.06. The van der Waals surface area contributed by atoms with E-state index < -0.39 is 0 Å². The van der Waals surface area contributed by atoms with Gasteiger partial charge in [-0.25, -0.2) is 0 Å². The molecule has 0 saturated heterocycles. The first kappa shape index (κ1) is 17.3. The zero-order chi connectivity index (χ0) is 16.3. The van der Waals surface area contributed by atoms with Crippen molar-refractivity contribution in [1.29, 1.82) is 0 Å². The van der Waals surface area contributed by atoms with Crippen molar-refractivity contribution in [2.24, 2.45) is 23.2 Å². The summed E-state index contributed by atoms with van der Waals surface area (Å²) in [6, 6.07) is 0.298. The maximum atomic E-state index is 12.0. The van der Waals surface area contributed by atoms with Gasteiger partial charge in [0.05, 0.1) is 0 Å². The number of fused-ring (bicyclic) bond motifs is 2. The molecule has 2 aliphatic carbocycles. The maximum Gasteiger partial charge on any atom is 0.225 e. The molecule has 126 valence electrons. The molecule has 4 unspecified atom stereocenters. The second-order valence-electron chi connectivity index (χ2n) is 8.30. The Balaban J connectivity index is 1.61. The Morgan fingerprint density at radius 2 is 1.91 bits per heavy atom. The molecule has 0 aromatic heterocycles. The van der Waals surface area contributed by atoms with Crippen molar-refractivity contribution in [2.45, 2.75) is 72.3 Å². The summed E-state index contributed by atoms with van der Waals surface area (Å²) >= 11 is 0. The van der Waals surface area contributed by atoms with Crippen LogP contribution < -0.4 is 10.6 Å². The Bertz CT molecular complexity index is 414. The number of amides is 2. The molecule has 4 atom stereocenters. The SMILES string of the molecule is CC(NC(=O)CCCNC(=O)C(C)(C)C)C1CC2CCC1C2. The second kappa shape index (κ2) is 7.01. The van der Waals surface area contributed by atoms with Gasteiger partial charge >= 0.3 is 0 Å². The highest BCUT2D eigenvalue weighted by molar-refractivity contribution is 5.81. The number of hydrogen-bond donors (Lipinski definition) is 2. The molecule has 0 radical (unpaired) electrons. The monoisotopic (exact) mass is 308 g/mol. The first-order valence-corrected chi connectivity index (χ1v) is 8.85. The Kier molecular flexibility index (Phi) is 5.51. The molecule has 0 aliphatic heterocycles. The van der Waals surface area contributed by atoms with Crippen LogP contribution in [0, 0.1) is 23.2 Å². The molecule has 0 heterocycles. The third-order valence-corrected chi connectivity index (χ3v) is 5.37. The van der Waals surface area contributed by atoms with Gasteiger partial charge in [0.2, 0.25) is 11.8 Å². The van der Waals surface area contributed by atoms with Crippen LogP contribution in [0.4, 0.5) is 0 Å². The van der Waals surface area contributed by atoms with E-state index in [1.54, 1.807) is 0 Å². The fraction of sp³-hybridized carbons (Fsp3) is 0.889. The van der Waals surface area contributed by atoms with E-state index in [0.717, 1.165) is 11.8 Å². The normalized spacial score (nSPS) is 28.5. The molecule has 2 amide bonds. The minimum atomic E-state index is -0.363. The van der Waals surface area contributed by atoms with Gasteiger partial charge < -0.3 is 10.6 Å². The van der Waals surface area contributed by atoms with E-state index in [1.807, 2.05) is 20.8 Å². The lowest BCUT2D eigenvalue weighted by molar-refractivity contribution is -0.128. The van der Waals surface area contributed by atoms with Crippen LogP contribution in [0.3, 0.4) is 0 Å². The number of rotatable bonds is 6. The topological polar surface area (TPSA) is 58.2 Å². The summed E-state index contributed by atoms with van der Waals surface area (Å²) in [5.74, 6) is 2.61. The minimum Gasteiger partial charge on any atom is -0.356 e. The molecule has 2 rings (SSSR count). The lowest BCUT2D eigenvalue weighted by Gasteiger charge is -2.28. The first-order chi connectivity index (χ1) is 10.3. The van der Waals surface area contributed by atoms with E-state index in [-0.39, 0.29) is 17.2 Å². The van der Waals surface area contributed by atoms with Crippen molar-refractivity contribution in [3.63, 3.8) is 0 Å². The molecule has 4 nitrogen and oxygen atoms in total. The molecule has 2 aliphatic rings.